The van der Waals surface area contributed by atoms with Gasteiger partial charge in [0.15, 0.2) is 0 Å². The zero-order valence-electron chi connectivity index (χ0n) is 13.1. The van der Waals surface area contributed by atoms with Gasteiger partial charge < -0.3 is 15.7 Å². The topological polar surface area (TPSA) is 78.4 Å². The molecule has 0 saturated heterocycles. The van der Waals surface area contributed by atoms with E-state index in [1.807, 2.05) is 45.9 Å². The summed E-state index contributed by atoms with van der Waals surface area (Å²) in [5, 5.41) is 14.5. The fourth-order valence-corrected chi connectivity index (χ4v) is 2.18. The van der Waals surface area contributed by atoms with Crippen molar-refractivity contribution in [1.29, 1.82) is 0 Å². The summed E-state index contributed by atoms with van der Waals surface area (Å²) in [6, 6.07) is 4.44. The minimum atomic E-state index is -1.01. The second-order valence-electron chi connectivity index (χ2n) is 5.26. The second-order valence-corrected chi connectivity index (χ2v) is 5.26. The fourth-order valence-electron chi connectivity index (χ4n) is 2.18. The lowest BCUT2D eigenvalue weighted by atomic mass is 9.99. The average Bonchev–Trinajstić information content (AvgIpc) is 2.45. The van der Waals surface area contributed by atoms with Crippen molar-refractivity contribution in [2.24, 2.45) is 5.92 Å². The van der Waals surface area contributed by atoms with Crippen molar-refractivity contribution in [3.63, 3.8) is 0 Å². The Labute approximate surface area is 125 Å². The summed E-state index contributed by atoms with van der Waals surface area (Å²) < 4.78 is 0. The molecule has 21 heavy (non-hydrogen) atoms. The summed E-state index contributed by atoms with van der Waals surface area (Å²) in [5.74, 6) is -1.14. The quantitative estimate of drug-likeness (QED) is 0.753. The first-order chi connectivity index (χ1) is 9.90. The Morgan fingerprint density at radius 3 is 2.48 bits per heavy atom. The Morgan fingerprint density at radius 2 is 1.95 bits per heavy atom. The first-order valence-corrected chi connectivity index (χ1v) is 7.29. The summed E-state index contributed by atoms with van der Waals surface area (Å²) >= 11 is 0. The first-order valence-electron chi connectivity index (χ1n) is 7.29. The molecule has 0 saturated carbocycles. The van der Waals surface area contributed by atoms with E-state index in [0.29, 0.717) is 6.42 Å². The molecule has 0 fully saturated rings. The van der Waals surface area contributed by atoms with Crippen LogP contribution < -0.4 is 10.6 Å². The summed E-state index contributed by atoms with van der Waals surface area (Å²) in [6.45, 7) is 7.64. The number of rotatable bonds is 6. The highest BCUT2D eigenvalue weighted by Crippen LogP contribution is 2.21. The lowest BCUT2D eigenvalue weighted by Gasteiger charge is -2.21. The van der Waals surface area contributed by atoms with E-state index < -0.39 is 18.0 Å². The van der Waals surface area contributed by atoms with E-state index in [0.717, 1.165) is 23.2 Å². The number of carbonyl (C=O) groups is 2. The van der Waals surface area contributed by atoms with Crippen molar-refractivity contribution in [2.45, 2.75) is 46.6 Å². The van der Waals surface area contributed by atoms with Crippen LogP contribution >= 0.6 is 0 Å². The third-order valence-electron chi connectivity index (χ3n) is 3.74. The number of carboxylic acids is 1. The van der Waals surface area contributed by atoms with E-state index >= 15 is 0 Å². The van der Waals surface area contributed by atoms with E-state index in [4.69, 9.17) is 0 Å². The van der Waals surface area contributed by atoms with Gasteiger partial charge in [-0.1, -0.05) is 45.4 Å². The van der Waals surface area contributed by atoms with Gasteiger partial charge in [-0.15, -0.1) is 0 Å². The molecule has 0 spiro atoms. The van der Waals surface area contributed by atoms with E-state index in [1.165, 1.54) is 0 Å². The van der Waals surface area contributed by atoms with E-state index in [1.54, 1.807) is 0 Å². The average molecular weight is 292 g/mol. The van der Waals surface area contributed by atoms with E-state index in [-0.39, 0.29) is 5.92 Å². The van der Waals surface area contributed by atoms with Crippen molar-refractivity contribution in [3.05, 3.63) is 29.3 Å². The third kappa shape index (κ3) is 4.48. The number of nitrogens with one attached hydrogen (secondary N) is 2. The van der Waals surface area contributed by atoms with Gasteiger partial charge in [-0.05, 0) is 30.4 Å². The molecular formula is C16H24N2O3. The molecule has 116 valence electrons. The number of urea groups is 1. The highest BCUT2D eigenvalue weighted by Gasteiger charge is 2.25. The third-order valence-corrected chi connectivity index (χ3v) is 3.74. The Hall–Kier alpha value is -2.04. The second kappa shape index (κ2) is 7.67. The summed E-state index contributed by atoms with van der Waals surface area (Å²) in [7, 11) is 0. The molecule has 0 aromatic heterocycles. The molecule has 5 nitrogen and oxygen atoms in total. The molecule has 0 aliphatic heterocycles. The van der Waals surface area contributed by atoms with Crippen LogP contribution in [0.15, 0.2) is 18.2 Å². The molecule has 0 aliphatic rings. The Balaban J connectivity index is 2.84. The number of aliphatic carboxylic acids is 1. The molecule has 0 radical (unpaired) electrons. The lowest BCUT2D eigenvalue weighted by Crippen LogP contribution is -2.46. The molecular weight excluding hydrogens is 268 g/mol. The van der Waals surface area contributed by atoms with Gasteiger partial charge in [0.25, 0.3) is 0 Å². The SMILES string of the molecule is CCc1cccc(C)c1NC(=O)N[C@H](C(=O)O)C(C)CC. The van der Waals surface area contributed by atoms with Gasteiger partial charge in [0.2, 0.25) is 0 Å². The van der Waals surface area contributed by atoms with Crippen LogP contribution in [0, 0.1) is 12.8 Å². The van der Waals surface area contributed by atoms with E-state index in [2.05, 4.69) is 10.6 Å². The van der Waals surface area contributed by atoms with Crippen LogP contribution in [0.4, 0.5) is 10.5 Å². The standard InChI is InChI=1S/C16H24N2O3/c1-5-10(3)14(15(19)20)18-16(21)17-13-11(4)8-7-9-12(13)6-2/h7-10,14H,5-6H2,1-4H3,(H,19,20)(H2,17,18,21)/t10?,14-/m0/s1. The Bertz CT molecular complexity index is 514. The van der Waals surface area contributed by atoms with Gasteiger partial charge in [-0.2, -0.15) is 0 Å². The fraction of sp³-hybridized carbons (Fsp3) is 0.500. The van der Waals surface area contributed by atoms with Gasteiger partial charge in [-0.25, -0.2) is 9.59 Å². The first kappa shape index (κ1) is 17.0. The van der Waals surface area contributed by atoms with Gasteiger partial charge >= 0.3 is 12.0 Å². The molecule has 5 heteroatoms. The Kier molecular flexibility index (Phi) is 6.21. The normalized spacial score (nSPS) is 13.3. The molecule has 1 unspecified atom stereocenters. The van der Waals surface area contributed by atoms with Crippen LogP contribution in [0.5, 0.6) is 0 Å². The zero-order chi connectivity index (χ0) is 16.0. The van der Waals surface area contributed by atoms with Crippen LogP contribution in [0.3, 0.4) is 0 Å². The van der Waals surface area contributed by atoms with Crippen molar-refractivity contribution in [1.82, 2.24) is 5.32 Å². The van der Waals surface area contributed by atoms with Gasteiger partial charge in [0.05, 0.1) is 0 Å². The number of hydrogen-bond acceptors (Lipinski definition) is 2. The number of aryl methyl sites for hydroxylation is 2. The Morgan fingerprint density at radius 1 is 1.29 bits per heavy atom. The maximum Gasteiger partial charge on any atom is 0.326 e. The highest BCUT2D eigenvalue weighted by molar-refractivity contribution is 5.93. The molecule has 1 rings (SSSR count). The predicted molar refractivity (Wildman–Crippen MR) is 83.6 cm³/mol. The molecule has 0 aliphatic carbocycles. The number of carboxylic acid groups (broad SMARTS) is 1. The van der Waals surface area contributed by atoms with Crippen molar-refractivity contribution >= 4 is 17.7 Å². The number of para-hydroxylation sites is 1. The maximum absolute atomic E-state index is 12.1. The van der Waals surface area contributed by atoms with Crippen LogP contribution in [-0.2, 0) is 11.2 Å². The minimum absolute atomic E-state index is 0.129. The molecule has 0 heterocycles. The van der Waals surface area contributed by atoms with Gasteiger partial charge in [0.1, 0.15) is 6.04 Å². The van der Waals surface area contributed by atoms with Crippen molar-refractivity contribution in [3.8, 4) is 0 Å². The molecule has 2 amide bonds. The molecule has 3 N–H and O–H groups in total. The minimum Gasteiger partial charge on any atom is -0.480 e. The van der Waals surface area contributed by atoms with Crippen LogP contribution in [0.25, 0.3) is 0 Å². The van der Waals surface area contributed by atoms with Gasteiger partial charge in [0, 0.05) is 5.69 Å². The number of benzene rings is 1. The summed E-state index contributed by atoms with van der Waals surface area (Å²) in [6.07, 6.45) is 1.48. The number of anilines is 1. The number of hydrogen-bond donors (Lipinski definition) is 3. The molecule has 1 aromatic rings. The van der Waals surface area contributed by atoms with Crippen LogP contribution in [-0.4, -0.2) is 23.1 Å². The molecule has 1 aromatic carbocycles. The predicted octanol–water partition coefficient (Wildman–Crippen LogP) is 3.18. The number of carbonyl (C=O) groups excluding carboxylic acids is 1. The largest absolute Gasteiger partial charge is 0.480 e. The van der Waals surface area contributed by atoms with E-state index in [9.17, 15) is 14.7 Å². The smallest absolute Gasteiger partial charge is 0.326 e. The molecule has 2 atom stereocenters. The van der Waals surface area contributed by atoms with Gasteiger partial charge in [-0.3, -0.25) is 0 Å². The molecule has 0 bridgehead atoms. The maximum atomic E-state index is 12.1. The zero-order valence-corrected chi connectivity index (χ0v) is 13.1. The van der Waals surface area contributed by atoms with Crippen molar-refractivity contribution in [2.75, 3.05) is 5.32 Å². The summed E-state index contributed by atoms with van der Waals surface area (Å²) in [5.41, 5.74) is 2.74. The van der Waals surface area contributed by atoms with Crippen LogP contribution in [0.2, 0.25) is 0 Å². The summed E-state index contributed by atoms with van der Waals surface area (Å²) in [4.78, 5) is 23.3. The van der Waals surface area contributed by atoms with Crippen molar-refractivity contribution < 1.29 is 14.7 Å². The van der Waals surface area contributed by atoms with Crippen LogP contribution in [0.1, 0.15) is 38.3 Å². The highest BCUT2D eigenvalue weighted by atomic mass is 16.4. The monoisotopic (exact) mass is 292 g/mol. The number of amides is 2. The lowest BCUT2D eigenvalue weighted by molar-refractivity contribution is -0.140.